The van der Waals surface area contributed by atoms with E-state index in [1.165, 1.54) is 11.9 Å². The second-order valence-electron chi connectivity index (χ2n) is 5.02. The zero-order valence-corrected chi connectivity index (χ0v) is 12.5. The molecule has 2 rings (SSSR count). The van der Waals surface area contributed by atoms with E-state index in [0.29, 0.717) is 12.0 Å². The molecule has 1 aliphatic heterocycles. The minimum Gasteiger partial charge on any atom is -0.569 e. The normalized spacial score (nSPS) is 19.3. The van der Waals surface area contributed by atoms with Gasteiger partial charge in [0.2, 0.25) is 5.28 Å². The van der Waals surface area contributed by atoms with Gasteiger partial charge >= 0.3 is 11.9 Å². The maximum atomic E-state index is 11.8. The molecule has 0 radical (unpaired) electrons. The van der Waals surface area contributed by atoms with E-state index in [1.54, 1.807) is 30.3 Å². The molecule has 1 heterocycles. The Kier molecular flexibility index (Phi) is 5.34. The predicted molar refractivity (Wildman–Crippen MR) is 75.8 cm³/mol. The lowest BCUT2D eigenvalue weighted by molar-refractivity contribution is -0.709. The Morgan fingerprint density at radius 1 is 1.43 bits per heavy atom. The minimum atomic E-state index is -1.06. The van der Waals surface area contributed by atoms with Crippen LogP contribution in [-0.4, -0.2) is 46.4 Å². The van der Waals surface area contributed by atoms with Crippen molar-refractivity contribution in [1.29, 1.82) is 0 Å². The number of carbonyl (C=O) groups is 2. The van der Waals surface area contributed by atoms with E-state index in [9.17, 15) is 14.8 Å². The van der Waals surface area contributed by atoms with Crippen LogP contribution in [0.2, 0.25) is 0 Å². The van der Waals surface area contributed by atoms with Crippen LogP contribution in [0.3, 0.4) is 0 Å². The van der Waals surface area contributed by atoms with Gasteiger partial charge in [-0.05, 0) is 18.6 Å². The molecule has 9 heteroatoms. The number of hydrogen-bond acceptors (Lipinski definition) is 6. The van der Waals surface area contributed by atoms with Crippen molar-refractivity contribution in [3.63, 3.8) is 0 Å². The second kappa shape index (κ2) is 7.43. The lowest BCUT2D eigenvalue weighted by atomic mass is 10.1. The molecule has 1 aromatic rings. The summed E-state index contributed by atoms with van der Waals surface area (Å²) in [6.07, 6.45) is -0.695. The standard InChI is InChI=1S/C14H17N3O6/c1-10(22-14(20)11-5-3-2-4-6-11)23-15-17(21)16-8-7-12(9-16)13(18)19/h2-6,10,12H,7-9H2,1H3,(H,18,19)/b17-15-. The van der Waals surface area contributed by atoms with Gasteiger partial charge in [-0.15, -0.1) is 5.01 Å². The smallest absolute Gasteiger partial charge is 0.341 e. The highest BCUT2D eigenvalue weighted by molar-refractivity contribution is 5.89. The van der Waals surface area contributed by atoms with Crippen LogP contribution in [0.1, 0.15) is 23.7 Å². The molecule has 23 heavy (non-hydrogen) atoms. The number of ether oxygens (including phenoxy) is 1. The van der Waals surface area contributed by atoms with E-state index in [2.05, 4.69) is 5.28 Å². The summed E-state index contributed by atoms with van der Waals surface area (Å²) < 4.78 is 4.98. The van der Waals surface area contributed by atoms with E-state index < -0.39 is 24.1 Å². The molecule has 1 aliphatic rings. The molecular formula is C14H17N3O6. The molecule has 1 aromatic carbocycles. The molecule has 1 fully saturated rings. The highest BCUT2D eigenvalue weighted by Crippen LogP contribution is 2.16. The fourth-order valence-corrected chi connectivity index (χ4v) is 2.07. The van der Waals surface area contributed by atoms with E-state index in [1.807, 2.05) is 0 Å². The second-order valence-corrected chi connectivity index (χ2v) is 5.02. The van der Waals surface area contributed by atoms with Crippen LogP contribution in [0.15, 0.2) is 35.6 Å². The van der Waals surface area contributed by atoms with Crippen molar-refractivity contribution in [2.75, 3.05) is 13.1 Å². The summed E-state index contributed by atoms with van der Waals surface area (Å²) in [7, 11) is 0. The maximum Gasteiger partial charge on any atom is 0.341 e. The molecule has 0 bridgehead atoms. The molecule has 9 nitrogen and oxygen atoms in total. The number of carboxylic acid groups (broad SMARTS) is 1. The number of nitrogens with zero attached hydrogens (tertiary/aromatic N) is 3. The highest BCUT2D eigenvalue weighted by Gasteiger charge is 2.33. The predicted octanol–water partition coefficient (Wildman–Crippen LogP) is 1.40. The largest absolute Gasteiger partial charge is 0.569 e. The molecular weight excluding hydrogens is 306 g/mol. The van der Waals surface area contributed by atoms with Crippen LogP contribution in [0.25, 0.3) is 0 Å². The quantitative estimate of drug-likeness (QED) is 0.277. The fourth-order valence-electron chi connectivity index (χ4n) is 2.07. The van der Waals surface area contributed by atoms with Crippen molar-refractivity contribution >= 4 is 11.9 Å². The van der Waals surface area contributed by atoms with Crippen LogP contribution in [-0.2, 0) is 14.4 Å². The van der Waals surface area contributed by atoms with E-state index >= 15 is 0 Å². The zero-order valence-electron chi connectivity index (χ0n) is 12.5. The van der Waals surface area contributed by atoms with Crippen molar-refractivity contribution in [3.8, 4) is 0 Å². The molecule has 124 valence electrons. The number of benzene rings is 1. The number of rotatable bonds is 6. The third kappa shape index (κ3) is 4.56. The number of carboxylic acids is 1. The first kappa shape index (κ1) is 16.5. The van der Waals surface area contributed by atoms with Crippen LogP contribution in [0.5, 0.6) is 0 Å². The Bertz CT molecular complexity index is 591. The molecule has 0 amide bonds. The first-order valence-corrected chi connectivity index (χ1v) is 7.05. The average molecular weight is 323 g/mol. The number of carbonyl (C=O) groups excluding carboxylic acids is 1. The number of esters is 1. The van der Waals surface area contributed by atoms with Gasteiger partial charge in [0, 0.05) is 6.92 Å². The Morgan fingerprint density at radius 3 is 2.74 bits per heavy atom. The molecule has 2 atom stereocenters. The van der Waals surface area contributed by atoms with Crippen molar-refractivity contribution in [2.45, 2.75) is 19.6 Å². The van der Waals surface area contributed by atoms with Gasteiger partial charge in [0.1, 0.15) is 0 Å². The summed E-state index contributed by atoms with van der Waals surface area (Å²) in [5.74, 6) is -2.15. The van der Waals surface area contributed by atoms with Gasteiger partial charge in [-0.3, -0.25) is 9.63 Å². The summed E-state index contributed by atoms with van der Waals surface area (Å²) in [6, 6.07) is 8.32. The van der Waals surface area contributed by atoms with Gasteiger partial charge in [-0.2, -0.15) is 0 Å². The summed E-state index contributed by atoms with van der Waals surface area (Å²) in [4.78, 5) is 27.6. The molecule has 2 unspecified atom stereocenters. The van der Waals surface area contributed by atoms with Gasteiger partial charge in [0.15, 0.2) is 0 Å². The van der Waals surface area contributed by atoms with Crippen LogP contribution in [0, 0.1) is 11.1 Å². The Morgan fingerprint density at radius 2 is 2.13 bits per heavy atom. The van der Waals surface area contributed by atoms with Crippen molar-refractivity contribution in [1.82, 2.24) is 5.01 Å². The summed E-state index contributed by atoms with van der Waals surface area (Å²) >= 11 is 0. The first-order valence-electron chi connectivity index (χ1n) is 7.05. The Labute approximate surface area is 132 Å². The van der Waals surface area contributed by atoms with Gasteiger partial charge < -0.3 is 15.1 Å². The molecule has 0 saturated carbocycles. The summed E-state index contributed by atoms with van der Waals surface area (Å²) in [5.41, 5.74) is 0.353. The number of hydrazine groups is 1. The third-order valence-corrected chi connectivity index (χ3v) is 3.31. The van der Waals surface area contributed by atoms with Crippen molar-refractivity contribution < 1.29 is 29.2 Å². The van der Waals surface area contributed by atoms with E-state index in [4.69, 9.17) is 14.7 Å². The van der Waals surface area contributed by atoms with Crippen LogP contribution < -0.4 is 0 Å². The average Bonchev–Trinajstić information content (AvgIpc) is 3.03. The molecule has 0 spiro atoms. The van der Waals surface area contributed by atoms with Crippen LogP contribution in [0.4, 0.5) is 0 Å². The monoisotopic (exact) mass is 323 g/mol. The van der Waals surface area contributed by atoms with Gasteiger partial charge in [-0.1, -0.05) is 18.2 Å². The molecule has 1 saturated heterocycles. The molecule has 0 aromatic heterocycles. The van der Waals surface area contributed by atoms with Gasteiger partial charge in [-0.25, -0.2) is 4.79 Å². The van der Waals surface area contributed by atoms with Gasteiger partial charge in [0.25, 0.3) is 6.29 Å². The van der Waals surface area contributed by atoms with Crippen molar-refractivity contribution in [2.24, 2.45) is 11.2 Å². The Balaban J connectivity index is 1.82. The zero-order chi connectivity index (χ0) is 16.8. The third-order valence-electron chi connectivity index (χ3n) is 3.31. The number of aliphatic carboxylic acids is 1. The Hall–Kier alpha value is -2.84. The van der Waals surface area contributed by atoms with E-state index in [-0.39, 0.29) is 18.1 Å². The fraction of sp³-hybridized carbons (Fsp3) is 0.429. The molecule has 1 N–H and O–H groups in total. The lowest BCUT2D eigenvalue weighted by Crippen LogP contribution is -2.30. The first-order chi connectivity index (χ1) is 11.0. The lowest BCUT2D eigenvalue weighted by Gasteiger charge is -2.13. The minimum absolute atomic E-state index is 0.0594. The maximum absolute atomic E-state index is 11.8. The van der Waals surface area contributed by atoms with Crippen LogP contribution >= 0.6 is 0 Å². The topological polar surface area (TPSA) is 114 Å². The SMILES string of the molecule is CC(O/N=[N+](\[O-])N1CCC(C(=O)O)C1)OC(=O)c1ccccc1. The molecule has 0 aliphatic carbocycles. The van der Waals surface area contributed by atoms with Gasteiger partial charge in [0.05, 0.1) is 29.5 Å². The highest BCUT2D eigenvalue weighted by atomic mass is 16.8. The van der Waals surface area contributed by atoms with E-state index in [0.717, 1.165) is 0 Å². The number of hydrogen-bond donors (Lipinski definition) is 1. The summed E-state index contributed by atoms with van der Waals surface area (Å²) in [5, 5.41) is 25.0. The summed E-state index contributed by atoms with van der Waals surface area (Å²) in [6.45, 7) is 1.75. The van der Waals surface area contributed by atoms with Crippen molar-refractivity contribution in [3.05, 3.63) is 41.1 Å².